The molecule has 2 heteroatoms. The van der Waals surface area contributed by atoms with E-state index in [1.165, 1.54) is 29.7 Å². The summed E-state index contributed by atoms with van der Waals surface area (Å²) in [5.74, 6) is 0.635. The summed E-state index contributed by atoms with van der Waals surface area (Å²) in [4.78, 5) is 2.60. The van der Waals surface area contributed by atoms with Crippen molar-refractivity contribution >= 4 is 5.69 Å². The standard InChI is InChI=1S/C19H32N2/c1-7-10-20-13-16-8-9-18-17(11-16)15(4)12-19(5,6)21(18)14(2)3/h8-9,11,14-15,20H,7,10,12-13H2,1-6H3/t15-/m1/s1. The zero-order chi connectivity index (χ0) is 15.6. The molecule has 0 spiro atoms. The molecule has 0 fully saturated rings. The lowest BCUT2D eigenvalue weighted by molar-refractivity contribution is 0.356. The van der Waals surface area contributed by atoms with E-state index >= 15 is 0 Å². The molecule has 0 bridgehead atoms. The van der Waals surface area contributed by atoms with E-state index in [1.54, 1.807) is 0 Å². The summed E-state index contributed by atoms with van der Waals surface area (Å²) in [5, 5.41) is 3.51. The Hall–Kier alpha value is -1.02. The number of hydrogen-bond acceptors (Lipinski definition) is 2. The molecule has 0 aromatic heterocycles. The number of benzene rings is 1. The first-order chi connectivity index (χ1) is 9.86. The molecule has 2 nitrogen and oxygen atoms in total. The molecular formula is C19H32N2. The summed E-state index contributed by atoms with van der Waals surface area (Å²) in [7, 11) is 0. The molecular weight excluding hydrogens is 256 g/mol. The van der Waals surface area contributed by atoms with Gasteiger partial charge >= 0.3 is 0 Å². The number of hydrogen-bond donors (Lipinski definition) is 1. The fourth-order valence-corrected chi connectivity index (χ4v) is 4.00. The van der Waals surface area contributed by atoms with Crippen molar-refractivity contribution in [3.8, 4) is 0 Å². The van der Waals surface area contributed by atoms with E-state index in [1.807, 2.05) is 0 Å². The Morgan fingerprint density at radius 2 is 2.05 bits per heavy atom. The van der Waals surface area contributed by atoms with Gasteiger partial charge in [-0.25, -0.2) is 0 Å². The Morgan fingerprint density at radius 3 is 2.67 bits per heavy atom. The van der Waals surface area contributed by atoms with Crippen LogP contribution in [0.3, 0.4) is 0 Å². The molecule has 1 heterocycles. The van der Waals surface area contributed by atoms with Gasteiger partial charge in [0.2, 0.25) is 0 Å². The minimum atomic E-state index is 0.239. The lowest BCUT2D eigenvalue weighted by Gasteiger charge is -2.50. The Bertz CT molecular complexity index is 476. The van der Waals surface area contributed by atoms with Gasteiger partial charge in [0.15, 0.2) is 0 Å². The molecule has 0 saturated carbocycles. The van der Waals surface area contributed by atoms with Gasteiger partial charge in [-0.2, -0.15) is 0 Å². The summed E-state index contributed by atoms with van der Waals surface area (Å²) >= 11 is 0. The molecule has 2 rings (SSSR count). The Labute approximate surface area is 130 Å². The predicted octanol–water partition coefficient (Wildman–Crippen LogP) is 4.69. The maximum atomic E-state index is 3.51. The molecule has 1 atom stereocenters. The average Bonchev–Trinajstić information content (AvgIpc) is 2.38. The van der Waals surface area contributed by atoms with Gasteiger partial charge in [-0.1, -0.05) is 26.0 Å². The Morgan fingerprint density at radius 1 is 1.33 bits per heavy atom. The maximum absolute atomic E-state index is 3.51. The van der Waals surface area contributed by atoms with Gasteiger partial charge in [0.1, 0.15) is 0 Å². The number of anilines is 1. The second-order valence-electron chi connectivity index (χ2n) is 7.45. The van der Waals surface area contributed by atoms with Crippen LogP contribution in [0, 0.1) is 0 Å². The fraction of sp³-hybridized carbons (Fsp3) is 0.684. The molecule has 1 aliphatic heterocycles. The fourth-order valence-electron chi connectivity index (χ4n) is 4.00. The second kappa shape index (κ2) is 6.39. The van der Waals surface area contributed by atoms with Crippen LogP contribution < -0.4 is 10.2 Å². The van der Waals surface area contributed by atoms with Crippen LogP contribution in [0.25, 0.3) is 0 Å². The average molecular weight is 288 g/mol. The first-order valence-corrected chi connectivity index (χ1v) is 8.49. The second-order valence-corrected chi connectivity index (χ2v) is 7.45. The van der Waals surface area contributed by atoms with Crippen LogP contribution >= 0.6 is 0 Å². The van der Waals surface area contributed by atoms with Crippen LogP contribution in [0.2, 0.25) is 0 Å². The summed E-state index contributed by atoms with van der Waals surface area (Å²) < 4.78 is 0. The molecule has 0 unspecified atom stereocenters. The van der Waals surface area contributed by atoms with Gasteiger partial charge in [0, 0.05) is 23.8 Å². The van der Waals surface area contributed by atoms with E-state index in [2.05, 4.69) is 70.0 Å². The van der Waals surface area contributed by atoms with Gasteiger partial charge in [-0.3, -0.25) is 0 Å². The van der Waals surface area contributed by atoms with Crippen LogP contribution in [0.1, 0.15) is 71.4 Å². The van der Waals surface area contributed by atoms with Gasteiger partial charge in [0.25, 0.3) is 0 Å². The van der Waals surface area contributed by atoms with E-state index in [0.29, 0.717) is 12.0 Å². The van der Waals surface area contributed by atoms with Crippen molar-refractivity contribution in [3.05, 3.63) is 29.3 Å². The third-order valence-electron chi connectivity index (χ3n) is 4.61. The highest BCUT2D eigenvalue weighted by atomic mass is 15.2. The molecule has 0 aliphatic carbocycles. The van der Waals surface area contributed by atoms with Crippen molar-refractivity contribution in [2.24, 2.45) is 0 Å². The lowest BCUT2D eigenvalue weighted by Crippen LogP contribution is -2.51. The Balaban J connectivity index is 2.32. The minimum Gasteiger partial charge on any atom is -0.364 e. The highest BCUT2D eigenvalue weighted by Crippen LogP contribution is 2.44. The number of fused-ring (bicyclic) bond motifs is 1. The third-order valence-corrected chi connectivity index (χ3v) is 4.61. The summed E-state index contributed by atoms with van der Waals surface area (Å²) in [6.45, 7) is 16.0. The van der Waals surface area contributed by atoms with Crippen LogP contribution in [0.15, 0.2) is 18.2 Å². The molecule has 0 amide bonds. The molecule has 0 radical (unpaired) electrons. The molecule has 1 aromatic rings. The minimum absolute atomic E-state index is 0.239. The van der Waals surface area contributed by atoms with Gasteiger partial charge in [-0.15, -0.1) is 0 Å². The van der Waals surface area contributed by atoms with E-state index < -0.39 is 0 Å². The highest BCUT2D eigenvalue weighted by molar-refractivity contribution is 5.61. The zero-order valence-electron chi connectivity index (χ0n) is 14.7. The zero-order valence-corrected chi connectivity index (χ0v) is 14.7. The van der Waals surface area contributed by atoms with Crippen molar-refractivity contribution in [2.75, 3.05) is 11.4 Å². The largest absolute Gasteiger partial charge is 0.364 e. The van der Waals surface area contributed by atoms with Gasteiger partial charge in [-0.05, 0) is 70.2 Å². The topological polar surface area (TPSA) is 15.3 Å². The molecule has 1 aromatic carbocycles. The van der Waals surface area contributed by atoms with Crippen LogP contribution in [0.5, 0.6) is 0 Å². The van der Waals surface area contributed by atoms with Crippen molar-refractivity contribution in [1.29, 1.82) is 0 Å². The van der Waals surface area contributed by atoms with E-state index in [-0.39, 0.29) is 5.54 Å². The number of nitrogens with zero attached hydrogens (tertiary/aromatic N) is 1. The van der Waals surface area contributed by atoms with E-state index in [0.717, 1.165) is 13.1 Å². The maximum Gasteiger partial charge on any atom is 0.0408 e. The van der Waals surface area contributed by atoms with E-state index in [9.17, 15) is 0 Å². The van der Waals surface area contributed by atoms with Crippen molar-refractivity contribution in [3.63, 3.8) is 0 Å². The highest BCUT2D eigenvalue weighted by Gasteiger charge is 2.37. The summed E-state index contributed by atoms with van der Waals surface area (Å²) in [5.41, 5.74) is 4.62. The van der Waals surface area contributed by atoms with Crippen LogP contribution in [0.4, 0.5) is 5.69 Å². The van der Waals surface area contributed by atoms with Crippen LogP contribution in [-0.2, 0) is 6.54 Å². The molecule has 1 N–H and O–H groups in total. The van der Waals surface area contributed by atoms with Crippen molar-refractivity contribution < 1.29 is 0 Å². The summed E-state index contributed by atoms with van der Waals surface area (Å²) in [6, 6.07) is 7.60. The number of nitrogens with one attached hydrogen (secondary N) is 1. The molecule has 21 heavy (non-hydrogen) atoms. The quantitative estimate of drug-likeness (QED) is 0.791. The van der Waals surface area contributed by atoms with Gasteiger partial charge in [0.05, 0.1) is 0 Å². The molecule has 118 valence electrons. The van der Waals surface area contributed by atoms with E-state index in [4.69, 9.17) is 0 Å². The predicted molar refractivity (Wildman–Crippen MR) is 93.2 cm³/mol. The molecule has 1 aliphatic rings. The van der Waals surface area contributed by atoms with Crippen molar-refractivity contribution in [1.82, 2.24) is 5.32 Å². The number of rotatable bonds is 5. The lowest BCUT2D eigenvalue weighted by atomic mass is 9.79. The smallest absolute Gasteiger partial charge is 0.0408 e. The molecule has 0 saturated heterocycles. The Kier molecular flexibility index (Phi) is 4.98. The summed E-state index contributed by atoms with van der Waals surface area (Å²) in [6.07, 6.45) is 2.42. The normalized spacial score (nSPS) is 20.7. The first kappa shape index (κ1) is 16.4. The monoisotopic (exact) mass is 288 g/mol. The SMILES string of the molecule is CCCNCc1ccc2c(c1)[C@H](C)CC(C)(C)N2C(C)C. The van der Waals surface area contributed by atoms with Gasteiger partial charge < -0.3 is 10.2 Å². The third kappa shape index (κ3) is 3.42. The van der Waals surface area contributed by atoms with Crippen LogP contribution in [-0.4, -0.2) is 18.1 Å². The van der Waals surface area contributed by atoms with Crippen molar-refractivity contribution in [2.45, 2.75) is 78.4 Å². The first-order valence-electron chi connectivity index (χ1n) is 8.49.